The van der Waals surface area contributed by atoms with Crippen molar-refractivity contribution < 1.29 is 19.8 Å². The van der Waals surface area contributed by atoms with Crippen LogP contribution in [0.3, 0.4) is 0 Å². The number of hydrogen-bond donors (Lipinski definition) is 2. The fourth-order valence-electron chi connectivity index (χ4n) is 4.03. The van der Waals surface area contributed by atoms with Gasteiger partial charge in [-0.1, -0.05) is 57.0 Å². The van der Waals surface area contributed by atoms with Crippen molar-refractivity contribution >= 4 is 35.0 Å². The minimum Gasteiger partial charge on any atom is -0.476 e. The number of rotatable bonds is 12. The van der Waals surface area contributed by atoms with E-state index in [9.17, 15) is 14.7 Å². The summed E-state index contributed by atoms with van der Waals surface area (Å²) in [6, 6.07) is 0.0690. The Morgan fingerprint density at radius 1 is 1.52 bits per heavy atom. The third kappa shape index (κ3) is 5.83. The predicted octanol–water partition coefficient (Wildman–Crippen LogP) is 3.91. The van der Waals surface area contributed by atoms with Crippen LogP contribution in [0.5, 0.6) is 0 Å². The van der Waals surface area contributed by atoms with Gasteiger partial charge in [-0.2, -0.15) is 0 Å². The Bertz CT molecular complexity index is 751. The SMILES string of the molecule is CCCC[C@H](C)C[C@H](O)/C=C/[C@H]1[C@@H]2C[C@@H]2C(=O)N1CCSc1nc(C(=O)O)cs1. The molecule has 29 heavy (non-hydrogen) atoms. The molecule has 1 aromatic heterocycles. The van der Waals surface area contributed by atoms with E-state index in [0.29, 0.717) is 28.5 Å². The van der Waals surface area contributed by atoms with Crippen LogP contribution in [-0.4, -0.2) is 56.4 Å². The number of amides is 1. The molecule has 0 spiro atoms. The number of likely N-dealkylation sites (tertiary alicyclic amines) is 1. The number of aliphatic hydroxyl groups excluding tert-OH is 1. The van der Waals surface area contributed by atoms with E-state index in [1.807, 2.05) is 17.1 Å². The minimum absolute atomic E-state index is 0.0685. The van der Waals surface area contributed by atoms with Gasteiger partial charge >= 0.3 is 5.97 Å². The van der Waals surface area contributed by atoms with Crippen LogP contribution in [0, 0.1) is 17.8 Å². The van der Waals surface area contributed by atoms with E-state index in [0.717, 1.165) is 19.3 Å². The molecule has 0 radical (unpaired) electrons. The predicted molar refractivity (Wildman–Crippen MR) is 115 cm³/mol. The molecule has 0 aromatic carbocycles. The van der Waals surface area contributed by atoms with Crippen molar-refractivity contribution in [2.75, 3.05) is 12.3 Å². The number of thiazole rings is 1. The van der Waals surface area contributed by atoms with Gasteiger partial charge in [0.2, 0.25) is 5.91 Å². The van der Waals surface area contributed by atoms with Crippen LogP contribution in [0.4, 0.5) is 0 Å². The van der Waals surface area contributed by atoms with Gasteiger partial charge in [0.25, 0.3) is 0 Å². The lowest BCUT2D eigenvalue weighted by Gasteiger charge is -2.25. The Morgan fingerprint density at radius 3 is 3.00 bits per heavy atom. The van der Waals surface area contributed by atoms with Gasteiger partial charge in [0.05, 0.1) is 12.1 Å². The normalized spacial score (nSPS) is 25.4. The molecule has 1 saturated carbocycles. The first-order chi connectivity index (χ1) is 13.9. The summed E-state index contributed by atoms with van der Waals surface area (Å²) in [6.07, 6.45) is 8.66. The van der Waals surface area contributed by atoms with E-state index in [1.54, 1.807) is 0 Å². The zero-order valence-electron chi connectivity index (χ0n) is 17.0. The first-order valence-corrected chi connectivity index (χ1v) is 12.3. The Kier molecular flexibility index (Phi) is 7.76. The maximum atomic E-state index is 12.6. The van der Waals surface area contributed by atoms with Crippen molar-refractivity contribution in [2.24, 2.45) is 17.8 Å². The van der Waals surface area contributed by atoms with Crippen LogP contribution in [0.2, 0.25) is 0 Å². The highest BCUT2D eigenvalue weighted by Crippen LogP contribution is 2.51. The molecule has 3 rings (SSSR count). The number of aromatic carboxylic acids is 1. The summed E-state index contributed by atoms with van der Waals surface area (Å²) in [7, 11) is 0. The lowest BCUT2D eigenvalue weighted by atomic mass is 9.97. The number of aliphatic hydroxyl groups is 1. The minimum atomic E-state index is -1.02. The molecule has 8 heteroatoms. The number of nitrogens with zero attached hydrogens (tertiary/aromatic N) is 2. The second kappa shape index (κ2) is 10.1. The number of carboxylic acid groups (broad SMARTS) is 1. The van der Waals surface area contributed by atoms with E-state index in [4.69, 9.17) is 5.11 Å². The fraction of sp³-hybridized carbons (Fsp3) is 0.667. The molecule has 2 fully saturated rings. The Labute approximate surface area is 180 Å². The lowest BCUT2D eigenvalue weighted by molar-refractivity contribution is -0.130. The van der Waals surface area contributed by atoms with Gasteiger partial charge in [-0.25, -0.2) is 9.78 Å². The molecule has 6 nitrogen and oxygen atoms in total. The quantitative estimate of drug-likeness (QED) is 0.380. The smallest absolute Gasteiger partial charge is 0.355 e. The van der Waals surface area contributed by atoms with Crippen LogP contribution >= 0.6 is 23.1 Å². The first kappa shape index (κ1) is 22.3. The Morgan fingerprint density at radius 2 is 2.31 bits per heavy atom. The molecule has 160 valence electrons. The van der Waals surface area contributed by atoms with Crippen LogP contribution in [-0.2, 0) is 4.79 Å². The Balaban J connectivity index is 1.50. The molecule has 1 aliphatic carbocycles. The highest BCUT2D eigenvalue weighted by Gasteiger charge is 2.57. The van der Waals surface area contributed by atoms with E-state index >= 15 is 0 Å². The second-order valence-electron chi connectivity index (χ2n) is 8.12. The molecule has 1 amide bonds. The van der Waals surface area contributed by atoms with Gasteiger partial charge in [-0.3, -0.25) is 4.79 Å². The van der Waals surface area contributed by atoms with Crippen molar-refractivity contribution in [3.63, 3.8) is 0 Å². The molecule has 2 heterocycles. The van der Waals surface area contributed by atoms with Crippen molar-refractivity contribution in [3.05, 3.63) is 23.2 Å². The third-order valence-electron chi connectivity index (χ3n) is 5.72. The summed E-state index contributed by atoms with van der Waals surface area (Å²) in [6.45, 7) is 4.97. The number of carbonyl (C=O) groups excluding carboxylic acids is 1. The fourth-order valence-corrected chi connectivity index (χ4v) is 5.84. The van der Waals surface area contributed by atoms with Crippen LogP contribution in [0.15, 0.2) is 21.9 Å². The van der Waals surface area contributed by atoms with Crippen molar-refractivity contribution in [2.45, 2.75) is 62.4 Å². The van der Waals surface area contributed by atoms with Crippen molar-refractivity contribution in [1.82, 2.24) is 9.88 Å². The van der Waals surface area contributed by atoms with Gasteiger partial charge in [0.15, 0.2) is 10.0 Å². The molecule has 5 atom stereocenters. The van der Waals surface area contributed by atoms with Gasteiger partial charge in [0, 0.05) is 23.6 Å². The maximum Gasteiger partial charge on any atom is 0.355 e. The Hall–Kier alpha value is -1.38. The summed E-state index contributed by atoms with van der Waals surface area (Å²) in [5.74, 6) is 0.895. The number of carboxylic acids is 1. The molecular formula is C21H30N2O4S2. The molecule has 2 aliphatic rings. The highest BCUT2D eigenvalue weighted by molar-refractivity contribution is 8.01. The summed E-state index contributed by atoms with van der Waals surface area (Å²) >= 11 is 2.80. The van der Waals surface area contributed by atoms with E-state index in [2.05, 4.69) is 18.8 Å². The van der Waals surface area contributed by atoms with Gasteiger partial charge < -0.3 is 15.1 Å². The number of carbonyl (C=O) groups is 2. The number of unbranched alkanes of at least 4 members (excludes halogenated alkanes) is 1. The molecule has 0 bridgehead atoms. The summed E-state index contributed by atoms with van der Waals surface area (Å²) in [5.41, 5.74) is 0.0685. The molecule has 1 aromatic rings. The van der Waals surface area contributed by atoms with Gasteiger partial charge in [-0.05, 0) is 24.7 Å². The summed E-state index contributed by atoms with van der Waals surface area (Å²) in [5, 5.41) is 20.8. The van der Waals surface area contributed by atoms with Crippen LogP contribution < -0.4 is 0 Å². The van der Waals surface area contributed by atoms with Crippen molar-refractivity contribution in [3.8, 4) is 0 Å². The number of thioether (sulfide) groups is 1. The standard InChI is InChI=1S/C21H30N2O4S2/c1-3-4-5-13(2)10-14(24)6-7-18-15-11-16(15)19(25)23(18)8-9-28-21-22-17(12-29-21)20(26)27/h6-7,12-16,18,24H,3-5,8-11H2,1-2H3,(H,26,27)/b7-6+/t13-,14+,15+,16-,18-/m0/s1. The average molecular weight is 439 g/mol. The maximum absolute atomic E-state index is 12.6. The molecule has 2 N–H and O–H groups in total. The molecule has 1 saturated heterocycles. The summed E-state index contributed by atoms with van der Waals surface area (Å²) < 4.78 is 0.711. The zero-order chi connectivity index (χ0) is 21.0. The van der Waals surface area contributed by atoms with Crippen LogP contribution in [0.25, 0.3) is 0 Å². The van der Waals surface area contributed by atoms with Crippen LogP contribution in [0.1, 0.15) is 56.4 Å². The monoisotopic (exact) mass is 438 g/mol. The molecular weight excluding hydrogens is 408 g/mol. The topological polar surface area (TPSA) is 90.7 Å². The number of aromatic nitrogens is 1. The van der Waals surface area contributed by atoms with Gasteiger partial charge in [0.1, 0.15) is 0 Å². The van der Waals surface area contributed by atoms with Crippen molar-refractivity contribution in [1.29, 1.82) is 0 Å². The third-order valence-corrected chi connectivity index (χ3v) is 7.72. The number of piperidine rings is 1. The van der Waals surface area contributed by atoms with Gasteiger partial charge in [-0.15, -0.1) is 11.3 Å². The highest BCUT2D eigenvalue weighted by atomic mass is 32.2. The largest absolute Gasteiger partial charge is 0.476 e. The molecule has 1 aliphatic heterocycles. The van der Waals surface area contributed by atoms with E-state index in [1.165, 1.54) is 41.3 Å². The van der Waals surface area contributed by atoms with E-state index < -0.39 is 12.1 Å². The second-order valence-corrected chi connectivity index (χ2v) is 10.3. The summed E-state index contributed by atoms with van der Waals surface area (Å²) in [4.78, 5) is 29.5. The first-order valence-electron chi connectivity index (χ1n) is 10.4. The van der Waals surface area contributed by atoms with E-state index in [-0.39, 0.29) is 23.6 Å². The molecule has 0 unspecified atom stereocenters. The zero-order valence-corrected chi connectivity index (χ0v) is 18.6. The number of fused-ring (bicyclic) bond motifs is 1. The lowest BCUT2D eigenvalue weighted by Crippen LogP contribution is -2.37. The number of hydrogen-bond acceptors (Lipinski definition) is 6. The average Bonchev–Trinajstić information content (AvgIpc) is 3.24.